The predicted octanol–water partition coefficient (Wildman–Crippen LogP) is 3.78. The van der Waals surface area contributed by atoms with Crippen molar-refractivity contribution in [2.45, 2.75) is 54.3 Å². The van der Waals surface area contributed by atoms with Crippen LogP contribution in [-0.4, -0.2) is 55.0 Å². The quantitative estimate of drug-likeness (QED) is 0.320. The van der Waals surface area contributed by atoms with Crippen LogP contribution in [0.3, 0.4) is 0 Å². The van der Waals surface area contributed by atoms with Gasteiger partial charge < -0.3 is 18.9 Å². The Morgan fingerprint density at radius 2 is 1.67 bits per heavy atom. The zero-order valence-electron chi connectivity index (χ0n) is 17.2. The molecule has 0 bridgehead atoms. The second-order valence-electron chi connectivity index (χ2n) is 7.09. The van der Waals surface area contributed by atoms with Crippen LogP contribution in [0.5, 0.6) is 0 Å². The third kappa shape index (κ3) is 5.39. The fourth-order valence-corrected chi connectivity index (χ4v) is 4.80. The molecule has 2 aromatic carbocycles. The fourth-order valence-electron chi connectivity index (χ4n) is 3.52. The summed E-state index contributed by atoms with van der Waals surface area (Å²) in [4.78, 5) is 12.4. The highest BCUT2D eigenvalue weighted by Crippen LogP contribution is 2.38. The van der Waals surface area contributed by atoms with Crippen molar-refractivity contribution in [3.05, 3.63) is 76.3 Å². The number of ether oxygens (including phenoxy) is 4. The Labute approximate surface area is 180 Å². The first kappa shape index (κ1) is 22.7. The molecule has 1 aliphatic rings. The number of hydrogen-bond acceptors (Lipinski definition) is 7. The van der Waals surface area contributed by atoms with Crippen molar-refractivity contribution in [3.63, 3.8) is 0 Å². The molecule has 1 heterocycles. The van der Waals surface area contributed by atoms with Gasteiger partial charge in [0, 0.05) is 31.0 Å². The van der Waals surface area contributed by atoms with E-state index < -0.39 is 35.9 Å². The summed E-state index contributed by atoms with van der Waals surface area (Å²) in [6, 6.07) is 18.5. The molecule has 3 rings (SSSR count). The van der Waals surface area contributed by atoms with E-state index in [-0.39, 0.29) is 4.92 Å². The van der Waals surface area contributed by atoms with Gasteiger partial charge in [0.2, 0.25) is 6.04 Å². The van der Waals surface area contributed by atoms with Crippen molar-refractivity contribution < 1.29 is 23.9 Å². The van der Waals surface area contributed by atoms with Gasteiger partial charge in [0.15, 0.2) is 6.29 Å². The van der Waals surface area contributed by atoms with E-state index in [2.05, 4.69) is 0 Å². The van der Waals surface area contributed by atoms with Gasteiger partial charge in [-0.1, -0.05) is 48.5 Å². The molecule has 0 saturated carbocycles. The normalized spacial score (nSPS) is 25.7. The molecule has 0 aliphatic carbocycles. The third-order valence-electron chi connectivity index (χ3n) is 5.14. The van der Waals surface area contributed by atoms with Crippen molar-refractivity contribution in [1.29, 1.82) is 0 Å². The lowest BCUT2D eigenvalue weighted by atomic mass is 10.0. The topological polar surface area (TPSA) is 80.1 Å². The van der Waals surface area contributed by atoms with Crippen LogP contribution in [0.2, 0.25) is 0 Å². The largest absolute Gasteiger partial charge is 0.373 e. The van der Waals surface area contributed by atoms with Gasteiger partial charge in [0.25, 0.3) is 0 Å². The van der Waals surface area contributed by atoms with Crippen molar-refractivity contribution in [2.24, 2.45) is 0 Å². The van der Waals surface area contributed by atoms with E-state index in [1.807, 2.05) is 60.7 Å². The summed E-state index contributed by atoms with van der Waals surface area (Å²) in [6.45, 7) is 1.94. The molecule has 1 saturated heterocycles. The van der Waals surface area contributed by atoms with Crippen molar-refractivity contribution in [2.75, 3.05) is 14.2 Å². The summed E-state index contributed by atoms with van der Waals surface area (Å²) in [7, 11) is 3.10. The Hall–Kier alpha value is -1.97. The maximum Gasteiger partial charge on any atom is 0.225 e. The zero-order valence-corrected chi connectivity index (χ0v) is 18.1. The molecule has 0 N–H and O–H groups in total. The molecule has 1 aliphatic heterocycles. The zero-order chi connectivity index (χ0) is 21.5. The van der Waals surface area contributed by atoms with Gasteiger partial charge in [-0.3, -0.25) is 10.1 Å². The lowest BCUT2D eigenvalue weighted by molar-refractivity contribution is -0.519. The predicted molar refractivity (Wildman–Crippen MR) is 114 cm³/mol. The lowest BCUT2D eigenvalue weighted by Crippen LogP contribution is -2.46. The van der Waals surface area contributed by atoms with E-state index in [1.54, 1.807) is 14.0 Å². The molecular weight excluding hydrogens is 406 g/mol. The second-order valence-corrected chi connectivity index (χ2v) is 8.34. The number of thioether (sulfide) groups is 1. The summed E-state index contributed by atoms with van der Waals surface area (Å²) in [5, 5.41) is 11.2. The molecule has 30 heavy (non-hydrogen) atoms. The van der Waals surface area contributed by atoms with E-state index in [9.17, 15) is 10.1 Å². The molecule has 1 unspecified atom stereocenters. The molecule has 8 heteroatoms. The molecular formula is C22H27NO6S. The number of hydrogen-bond donors (Lipinski definition) is 0. The number of methoxy groups -OCH3 is 2. The van der Waals surface area contributed by atoms with E-state index in [0.717, 1.165) is 10.5 Å². The number of nitrogens with zero attached hydrogens (tertiary/aromatic N) is 1. The number of benzene rings is 2. The van der Waals surface area contributed by atoms with Crippen LogP contribution in [0.1, 0.15) is 12.5 Å². The van der Waals surface area contributed by atoms with Gasteiger partial charge in [0.05, 0.1) is 6.61 Å². The Bertz CT molecular complexity index is 793. The SMILES string of the molecule is CO[C@H]1O[C@H]([C@H](Sc2ccccc2)C(C)[N+](=O)[O-])[C@H](OCc2ccccc2)[C@H]1OC. The first-order valence-corrected chi connectivity index (χ1v) is 10.6. The summed E-state index contributed by atoms with van der Waals surface area (Å²) in [5.41, 5.74) is 1.00. The molecule has 0 radical (unpaired) electrons. The van der Waals surface area contributed by atoms with Gasteiger partial charge in [-0.15, -0.1) is 11.8 Å². The van der Waals surface area contributed by atoms with Gasteiger partial charge >= 0.3 is 0 Å². The average Bonchev–Trinajstić information content (AvgIpc) is 3.14. The molecule has 0 amide bonds. The summed E-state index contributed by atoms with van der Waals surface area (Å²) < 4.78 is 23.4. The minimum absolute atomic E-state index is 0.278. The molecule has 0 spiro atoms. The maximum absolute atomic E-state index is 11.7. The number of rotatable bonds is 10. The van der Waals surface area contributed by atoms with Gasteiger partial charge in [-0.25, -0.2) is 0 Å². The van der Waals surface area contributed by atoms with Crippen LogP contribution in [-0.2, 0) is 25.6 Å². The summed E-state index contributed by atoms with van der Waals surface area (Å²) in [6.07, 6.45) is -2.28. The second kappa shape index (κ2) is 10.9. The molecule has 0 aromatic heterocycles. The van der Waals surface area contributed by atoms with Crippen molar-refractivity contribution in [3.8, 4) is 0 Å². The highest BCUT2D eigenvalue weighted by molar-refractivity contribution is 8.00. The smallest absolute Gasteiger partial charge is 0.225 e. The standard InChI is InChI=1S/C22H27NO6S/c1-15(23(24)25)21(30-17-12-8-5-9-13-17)19-18(20(26-2)22(27-3)29-19)28-14-16-10-6-4-7-11-16/h4-13,15,18-22H,14H2,1-3H3/t15?,18-,19-,20+,21+,22-/m0/s1. The Balaban J connectivity index is 1.87. The van der Waals surface area contributed by atoms with Crippen molar-refractivity contribution >= 4 is 11.8 Å². The molecule has 7 nitrogen and oxygen atoms in total. The van der Waals surface area contributed by atoms with Gasteiger partial charge in [-0.2, -0.15) is 0 Å². The highest BCUT2D eigenvalue weighted by Gasteiger charge is 2.52. The Morgan fingerprint density at radius 1 is 1.03 bits per heavy atom. The van der Waals surface area contributed by atoms with Crippen LogP contribution in [0.15, 0.2) is 65.6 Å². The molecule has 6 atom stereocenters. The van der Waals surface area contributed by atoms with Gasteiger partial charge in [-0.05, 0) is 17.7 Å². The van der Waals surface area contributed by atoms with E-state index >= 15 is 0 Å². The summed E-state index contributed by atoms with van der Waals surface area (Å²) >= 11 is 1.42. The van der Waals surface area contributed by atoms with Crippen LogP contribution >= 0.6 is 11.8 Å². The molecule has 2 aromatic rings. The van der Waals surface area contributed by atoms with Crippen LogP contribution < -0.4 is 0 Å². The third-order valence-corrected chi connectivity index (χ3v) is 6.62. The van der Waals surface area contributed by atoms with Crippen molar-refractivity contribution in [1.82, 2.24) is 0 Å². The first-order valence-electron chi connectivity index (χ1n) is 9.77. The summed E-state index contributed by atoms with van der Waals surface area (Å²) in [5.74, 6) is 0. The highest BCUT2D eigenvalue weighted by atomic mass is 32.2. The van der Waals surface area contributed by atoms with Crippen LogP contribution in [0.4, 0.5) is 0 Å². The van der Waals surface area contributed by atoms with E-state index in [4.69, 9.17) is 18.9 Å². The van der Waals surface area contributed by atoms with Gasteiger partial charge in [0.1, 0.15) is 23.6 Å². The lowest BCUT2D eigenvalue weighted by Gasteiger charge is -2.29. The molecule has 1 fully saturated rings. The monoisotopic (exact) mass is 433 g/mol. The first-order chi connectivity index (χ1) is 14.5. The number of nitro groups is 1. The Morgan fingerprint density at radius 3 is 2.23 bits per heavy atom. The molecule has 162 valence electrons. The minimum Gasteiger partial charge on any atom is -0.373 e. The fraction of sp³-hybridized carbons (Fsp3) is 0.455. The van der Waals surface area contributed by atoms with E-state index in [1.165, 1.54) is 18.9 Å². The minimum atomic E-state index is -0.865. The maximum atomic E-state index is 11.7. The average molecular weight is 434 g/mol. The van der Waals surface area contributed by atoms with Crippen LogP contribution in [0, 0.1) is 10.1 Å². The van der Waals surface area contributed by atoms with E-state index in [0.29, 0.717) is 6.61 Å². The Kier molecular flexibility index (Phi) is 8.24. The van der Waals surface area contributed by atoms with Crippen LogP contribution in [0.25, 0.3) is 0 Å².